The highest BCUT2D eigenvalue weighted by Crippen LogP contribution is 2.13. The minimum absolute atomic E-state index is 0.765. The van der Waals surface area contributed by atoms with Crippen molar-refractivity contribution in [3.63, 3.8) is 0 Å². The summed E-state index contributed by atoms with van der Waals surface area (Å²) in [6.45, 7) is 8.21. The first-order chi connectivity index (χ1) is 7.77. The van der Waals surface area contributed by atoms with Gasteiger partial charge in [-0.05, 0) is 45.8 Å². The predicted octanol–water partition coefficient (Wildman–Crippen LogP) is 1.83. The fourth-order valence-corrected chi connectivity index (χ4v) is 2.54. The van der Waals surface area contributed by atoms with E-state index >= 15 is 0 Å². The van der Waals surface area contributed by atoms with E-state index in [0.29, 0.717) is 0 Å². The van der Waals surface area contributed by atoms with Crippen molar-refractivity contribution in [1.29, 1.82) is 0 Å². The van der Waals surface area contributed by atoms with Crippen LogP contribution in [-0.4, -0.2) is 62.8 Å². The molecule has 0 bridgehead atoms. The molecule has 1 atom stereocenters. The lowest BCUT2D eigenvalue weighted by atomic mass is 10.1. The van der Waals surface area contributed by atoms with Crippen molar-refractivity contribution in [2.45, 2.75) is 38.6 Å². The Morgan fingerprint density at radius 1 is 1.19 bits per heavy atom. The van der Waals surface area contributed by atoms with Gasteiger partial charge in [-0.2, -0.15) is 0 Å². The maximum absolute atomic E-state index is 5.14. The van der Waals surface area contributed by atoms with Crippen molar-refractivity contribution < 1.29 is 4.74 Å². The molecule has 0 amide bonds. The van der Waals surface area contributed by atoms with Gasteiger partial charge in [-0.15, -0.1) is 0 Å². The normalized spacial score (nSPS) is 21.9. The summed E-state index contributed by atoms with van der Waals surface area (Å²) in [6.07, 6.45) is 5.07. The molecule has 1 aliphatic rings. The van der Waals surface area contributed by atoms with Crippen molar-refractivity contribution in [1.82, 2.24) is 9.80 Å². The molecule has 3 nitrogen and oxygen atoms in total. The Labute approximate surface area is 101 Å². The Kier molecular flexibility index (Phi) is 7.01. The van der Waals surface area contributed by atoms with Crippen LogP contribution in [0.4, 0.5) is 0 Å². The van der Waals surface area contributed by atoms with Crippen LogP contribution in [0.2, 0.25) is 0 Å². The van der Waals surface area contributed by atoms with Crippen LogP contribution in [0.5, 0.6) is 0 Å². The molecule has 0 aromatic rings. The number of hydrogen-bond donors (Lipinski definition) is 0. The van der Waals surface area contributed by atoms with E-state index in [2.05, 4.69) is 23.8 Å². The monoisotopic (exact) mass is 228 g/mol. The molecule has 1 saturated heterocycles. The smallest absolute Gasteiger partial charge is 0.0462 e. The molecule has 1 aliphatic heterocycles. The van der Waals surface area contributed by atoms with Crippen LogP contribution in [0, 0.1) is 0 Å². The van der Waals surface area contributed by atoms with Gasteiger partial charge in [-0.1, -0.05) is 6.92 Å². The highest BCUT2D eigenvalue weighted by atomic mass is 16.5. The van der Waals surface area contributed by atoms with Crippen molar-refractivity contribution in [3.8, 4) is 0 Å². The minimum Gasteiger partial charge on any atom is -0.385 e. The van der Waals surface area contributed by atoms with E-state index in [1.807, 2.05) is 0 Å². The fourth-order valence-electron chi connectivity index (χ4n) is 2.54. The zero-order valence-electron chi connectivity index (χ0n) is 11.2. The molecule has 1 heterocycles. The summed E-state index contributed by atoms with van der Waals surface area (Å²) < 4.78 is 5.14. The number of methoxy groups -OCH3 is 1. The fraction of sp³-hybridized carbons (Fsp3) is 1.00. The van der Waals surface area contributed by atoms with Crippen molar-refractivity contribution >= 4 is 0 Å². The van der Waals surface area contributed by atoms with Crippen LogP contribution in [-0.2, 0) is 4.74 Å². The average molecular weight is 228 g/mol. The van der Waals surface area contributed by atoms with Gasteiger partial charge in [-0.3, -0.25) is 4.90 Å². The van der Waals surface area contributed by atoms with Crippen molar-refractivity contribution in [2.24, 2.45) is 0 Å². The molecule has 16 heavy (non-hydrogen) atoms. The topological polar surface area (TPSA) is 15.7 Å². The third kappa shape index (κ3) is 4.81. The Morgan fingerprint density at radius 2 is 2.00 bits per heavy atom. The highest BCUT2D eigenvalue weighted by Gasteiger charge is 2.19. The molecule has 0 saturated carbocycles. The SMILES string of the molecule is CCC(CCCOC)N1CCCN(C)CC1. The van der Waals surface area contributed by atoms with Gasteiger partial charge in [0.1, 0.15) is 0 Å². The molecule has 1 fully saturated rings. The molecule has 0 radical (unpaired) electrons. The summed E-state index contributed by atoms with van der Waals surface area (Å²) in [5.74, 6) is 0. The average Bonchev–Trinajstić information content (AvgIpc) is 2.50. The number of rotatable bonds is 6. The quantitative estimate of drug-likeness (QED) is 0.645. The first-order valence-electron chi connectivity index (χ1n) is 6.69. The van der Waals surface area contributed by atoms with Gasteiger partial charge < -0.3 is 9.64 Å². The number of hydrogen-bond acceptors (Lipinski definition) is 3. The zero-order chi connectivity index (χ0) is 11.8. The lowest BCUT2D eigenvalue weighted by Gasteiger charge is -2.29. The summed E-state index contributed by atoms with van der Waals surface area (Å²) in [4.78, 5) is 5.13. The summed E-state index contributed by atoms with van der Waals surface area (Å²) in [7, 11) is 4.03. The minimum atomic E-state index is 0.765. The summed E-state index contributed by atoms with van der Waals surface area (Å²) in [6, 6.07) is 0.765. The van der Waals surface area contributed by atoms with E-state index in [4.69, 9.17) is 4.74 Å². The van der Waals surface area contributed by atoms with E-state index in [0.717, 1.165) is 12.6 Å². The Hall–Kier alpha value is -0.120. The van der Waals surface area contributed by atoms with Crippen molar-refractivity contribution in [3.05, 3.63) is 0 Å². The molecular formula is C13H28N2O. The Balaban J connectivity index is 2.32. The molecule has 1 unspecified atom stereocenters. The van der Waals surface area contributed by atoms with Gasteiger partial charge in [0.15, 0.2) is 0 Å². The van der Waals surface area contributed by atoms with E-state index in [-0.39, 0.29) is 0 Å². The van der Waals surface area contributed by atoms with Crippen LogP contribution in [0.1, 0.15) is 32.6 Å². The molecule has 0 spiro atoms. The second-order valence-electron chi connectivity index (χ2n) is 4.89. The number of likely N-dealkylation sites (N-methyl/N-ethyl adjacent to an activating group) is 1. The van der Waals surface area contributed by atoms with E-state index in [1.54, 1.807) is 7.11 Å². The summed E-state index contributed by atoms with van der Waals surface area (Å²) >= 11 is 0. The summed E-state index contributed by atoms with van der Waals surface area (Å²) in [5, 5.41) is 0. The van der Waals surface area contributed by atoms with Crippen LogP contribution in [0.3, 0.4) is 0 Å². The largest absolute Gasteiger partial charge is 0.385 e. The second kappa shape index (κ2) is 8.04. The van der Waals surface area contributed by atoms with Crippen LogP contribution >= 0.6 is 0 Å². The third-order valence-electron chi connectivity index (χ3n) is 3.63. The van der Waals surface area contributed by atoms with Gasteiger partial charge in [0.2, 0.25) is 0 Å². The van der Waals surface area contributed by atoms with Crippen molar-refractivity contribution in [2.75, 3.05) is 46.9 Å². The van der Waals surface area contributed by atoms with E-state index in [9.17, 15) is 0 Å². The zero-order valence-corrected chi connectivity index (χ0v) is 11.2. The third-order valence-corrected chi connectivity index (χ3v) is 3.63. The second-order valence-corrected chi connectivity index (χ2v) is 4.89. The molecular weight excluding hydrogens is 200 g/mol. The lowest BCUT2D eigenvalue weighted by Crippen LogP contribution is -2.37. The number of ether oxygens (including phenoxy) is 1. The van der Waals surface area contributed by atoms with Gasteiger partial charge in [0, 0.05) is 32.8 Å². The molecule has 1 rings (SSSR count). The standard InChI is InChI=1S/C13H28N2O/c1-4-13(7-5-12-16-3)15-9-6-8-14(2)10-11-15/h13H,4-12H2,1-3H3. The van der Waals surface area contributed by atoms with E-state index in [1.165, 1.54) is 51.9 Å². The van der Waals surface area contributed by atoms with Gasteiger partial charge in [0.05, 0.1) is 0 Å². The maximum atomic E-state index is 5.14. The van der Waals surface area contributed by atoms with Gasteiger partial charge >= 0.3 is 0 Å². The van der Waals surface area contributed by atoms with E-state index < -0.39 is 0 Å². The first-order valence-corrected chi connectivity index (χ1v) is 6.69. The molecule has 0 aromatic carbocycles. The Bertz CT molecular complexity index is 175. The molecule has 0 aromatic heterocycles. The maximum Gasteiger partial charge on any atom is 0.0462 e. The van der Waals surface area contributed by atoms with Crippen LogP contribution in [0.15, 0.2) is 0 Å². The molecule has 0 N–H and O–H groups in total. The highest BCUT2D eigenvalue weighted by molar-refractivity contribution is 4.75. The first kappa shape index (κ1) is 13.9. The molecule has 96 valence electrons. The van der Waals surface area contributed by atoms with Crippen LogP contribution in [0.25, 0.3) is 0 Å². The molecule has 3 heteroatoms. The summed E-state index contributed by atoms with van der Waals surface area (Å²) in [5.41, 5.74) is 0. The number of nitrogens with zero attached hydrogens (tertiary/aromatic N) is 2. The predicted molar refractivity (Wildman–Crippen MR) is 68.9 cm³/mol. The molecule has 0 aliphatic carbocycles. The van der Waals surface area contributed by atoms with Gasteiger partial charge in [-0.25, -0.2) is 0 Å². The van der Waals surface area contributed by atoms with Gasteiger partial charge in [0.25, 0.3) is 0 Å². The van der Waals surface area contributed by atoms with Crippen LogP contribution < -0.4 is 0 Å². The Morgan fingerprint density at radius 3 is 2.69 bits per heavy atom. The lowest BCUT2D eigenvalue weighted by molar-refractivity contribution is 0.153.